The molecule has 2 N–H and O–H groups in total. The quantitative estimate of drug-likeness (QED) is 0.674. The summed E-state index contributed by atoms with van der Waals surface area (Å²) in [4.78, 5) is 24.9. The molecule has 0 fully saturated rings. The molecule has 0 heterocycles. The second-order valence-electron chi connectivity index (χ2n) is 4.20. The highest BCUT2D eigenvalue weighted by molar-refractivity contribution is 7.99. The van der Waals surface area contributed by atoms with Crippen LogP contribution in [0.25, 0.3) is 0 Å². The van der Waals surface area contributed by atoms with Crippen LogP contribution in [-0.2, 0) is 0 Å². The molecule has 0 saturated carbocycles. The first-order chi connectivity index (χ1) is 10.2. The predicted molar refractivity (Wildman–Crippen MR) is 84.2 cm³/mol. The van der Waals surface area contributed by atoms with Gasteiger partial charge in [-0.1, -0.05) is 37.3 Å². The summed E-state index contributed by atoms with van der Waals surface area (Å²) in [6, 6.07) is 16.0. The minimum atomic E-state index is -0.343. The zero-order valence-corrected chi connectivity index (χ0v) is 12.4. The van der Waals surface area contributed by atoms with Gasteiger partial charge in [0.1, 0.15) is 0 Å². The van der Waals surface area contributed by atoms with Crippen LogP contribution in [0.1, 0.15) is 27.6 Å². The molecule has 0 bridgehead atoms. The Morgan fingerprint density at radius 2 is 1.52 bits per heavy atom. The minimum Gasteiger partial charge on any atom is -0.267 e. The Labute approximate surface area is 127 Å². The zero-order valence-electron chi connectivity index (χ0n) is 11.6. The molecule has 2 aromatic rings. The molecule has 0 unspecified atom stereocenters. The van der Waals surface area contributed by atoms with Gasteiger partial charge in [-0.3, -0.25) is 20.4 Å². The minimum absolute atomic E-state index is 0.323. The predicted octanol–water partition coefficient (Wildman–Crippen LogP) is 2.87. The van der Waals surface area contributed by atoms with Gasteiger partial charge >= 0.3 is 0 Å². The Hall–Kier alpha value is -2.27. The largest absolute Gasteiger partial charge is 0.270 e. The monoisotopic (exact) mass is 300 g/mol. The first-order valence-electron chi connectivity index (χ1n) is 6.60. The number of carbonyl (C=O) groups is 2. The average Bonchev–Trinajstić information content (AvgIpc) is 2.54. The van der Waals surface area contributed by atoms with E-state index in [2.05, 4.69) is 10.9 Å². The van der Waals surface area contributed by atoms with Gasteiger partial charge in [0.05, 0.1) is 5.56 Å². The topological polar surface area (TPSA) is 58.2 Å². The molecule has 108 valence electrons. The van der Waals surface area contributed by atoms with Gasteiger partial charge in [-0.15, -0.1) is 11.8 Å². The van der Waals surface area contributed by atoms with Gasteiger partial charge in [0.2, 0.25) is 0 Å². The van der Waals surface area contributed by atoms with Gasteiger partial charge in [-0.2, -0.15) is 0 Å². The van der Waals surface area contributed by atoms with E-state index in [1.54, 1.807) is 48.2 Å². The average molecular weight is 300 g/mol. The van der Waals surface area contributed by atoms with Crippen LogP contribution >= 0.6 is 11.8 Å². The normalized spacial score (nSPS) is 9.95. The van der Waals surface area contributed by atoms with Crippen molar-refractivity contribution in [2.75, 3.05) is 5.75 Å². The molecule has 0 aromatic heterocycles. The first-order valence-corrected chi connectivity index (χ1v) is 7.58. The Morgan fingerprint density at radius 1 is 0.905 bits per heavy atom. The highest BCUT2D eigenvalue weighted by atomic mass is 32.2. The number of hydrogen-bond acceptors (Lipinski definition) is 3. The van der Waals surface area contributed by atoms with Crippen LogP contribution in [0.15, 0.2) is 59.5 Å². The van der Waals surface area contributed by atoms with Crippen molar-refractivity contribution < 1.29 is 9.59 Å². The van der Waals surface area contributed by atoms with Gasteiger partial charge in [-0.25, -0.2) is 0 Å². The summed E-state index contributed by atoms with van der Waals surface area (Å²) in [5.74, 6) is 0.209. The summed E-state index contributed by atoms with van der Waals surface area (Å²) < 4.78 is 0. The van der Waals surface area contributed by atoms with E-state index in [0.717, 1.165) is 10.6 Å². The Morgan fingerprint density at radius 3 is 2.24 bits per heavy atom. The third-order valence-corrected chi connectivity index (χ3v) is 3.71. The van der Waals surface area contributed by atoms with Crippen LogP contribution in [0.5, 0.6) is 0 Å². The van der Waals surface area contributed by atoms with Crippen LogP contribution in [0, 0.1) is 0 Å². The third-order valence-electron chi connectivity index (χ3n) is 2.76. The lowest BCUT2D eigenvalue weighted by atomic mass is 10.2. The fraction of sp³-hybridized carbons (Fsp3) is 0.125. The number of rotatable bonds is 4. The van der Waals surface area contributed by atoms with Crippen LogP contribution in [0.2, 0.25) is 0 Å². The van der Waals surface area contributed by atoms with Crippen molar-refractivity contribution in [2.24, 2.45) is 0 Å². The van der Waals surface area contributed by atoms with Gasteiger partial charge < -0.3 is 0 Å². The lowest BCUT2D eigenvalue weighted by molar-refractivity contribution is 0.0845. The molecule has 2 aromatic carbocycles. The molecule has 21 heavy (non-hydrogen) atoms. The van der Waals surface area contributed by atoms with Crippen molar-refractivity contribution in [3.63, 3.8) is 0 Å². The maximum absolute atomic E-state index is 12.1. The van der Waals surface area contributed by atoms with Gasteiger partial charge in [0.15, 0.2) is 0 Å². The molecule has 2 rings (SSSR count). The molecule has 2 amide bonds. The van der Waals surface area contributed by atoms with Crippen molar-refractivity contribution in [2.45, 2.75) is 11.8 Å². The van der Waals surface area contributed by atoms with Gasteiger partial charge in [0.25, 0.3) is 11.8 Å². The van der Waals surface area contributed by atoms with Crippen LogP contribution < -0.4 is 10.9 Å². The molecule has 0 saturated heterocycles. The molecule has 0 radical (unpaired) electrons. The molecular formula is C16H16N2O2S. The fourth-order valence-corrected chi connectivity index (χ4v) is 2.58. The molecule has 0 aliphatic rings. The van der Waals surface area contributed by atoms with E-state index >= 15 is 0 Å². The molecule has 5 heteroatoms. The van der Waals surface area contributed by atoms with Crippen LogP contribution in [0.3, 0.4) is 0 Å². The van der Waals surface area contributed by atoms with Gasteiger partial charge in [-0.05, 0) is 30.0 Å². The zero-order chi connectivity index (χ0) is 15.1. The summed E-state index contributed by atoms with van der Waals surface area (Å²) in [7, 11) is 0. The Bertz CT molecular complexity index is 629. The highest BCUT2D eigenvalue weighted by Gasteiger charge is 2.12. The number of hydrazine groups is 1. The van der Waals surface area contributed by atoms with E-state index in [1.807, 2.05) is 25.1 Å². The molecule has 0 aliphatic carbocycles. The maximum Gasteiger partial charge on any atom is 0.270 e. The van der Waals surface area contributed by atoms with E-state index in [0.29, 0.717) is 11.1 Å². The number of hydrogen-bond donors (Lipinski definition) is 2. The van der Waals surface area contributed by atoms with Gasteiger partial charge in [0, 0.05) is 10.5 Å². The van der Waals surface area contributed by atoms with Crippen molar-refractivity contribution in [1.29, 1.82) is 0 Å². The second kappa shape index (κ2) is 7.50. The van der Waals surface area contributed by atoms with E-state index < -0.39 is 0 Å². The Kier molecular flexibility index (Phi) is 5.40. The van der Waals surface area contributed by atoms with Crippen molar-refractivity contribution in [3.05, 3.63) is 65.7 Å². The first kappa shape index (κ1) is 15.1. The number of benzene rings is 2. The lowest BCUT2D eigenvalue weighted by Gasteiger charge is -2.10. The van der Waals surface area contributed by atoms with E-state index in [1.165, 1.54) is 0 Å². The lowest BCUT2D eigenvalue weighted by Crippen LogP contribution is -2.41. The smallest absolute Gasteiger partial charge is 0.267 e. The fourth-order valence-electron chi connectivity index (χ4n) is 1.78. The summed E-state index contributed by atoms with van der Waals surface area (Å²) in [5.41, 5.74) is 5.91. The summed E-state index contributed by atoms with van der Waals surface area (Å²) in [5, 5.41) is 0. The summed E-state index contributed by atoms with van der Waals surface area (Å²) in [6.45, 7) is 2.02. The molecule has 0 spiro atoms. The number of nitrogens with one attached hydrogen (secondary N) is 2. The third kappa shape index (κ3) is 4.10. The molecule has 0 aliphatic heterocycles. The Balaban J connectivity index is 2.01. The number of amides is 2. The van der Waals surface area contributed by atoms with Crippen molar-refractivity contribution in [1.82, 2.24) is 10.9 Å². The second-order valence-corrected chi connectivity index (χ2v) is 5.51. The summed E-state index contributed by atoms with van der Waals surface area (Å²) >= 11 is 1.59. The maximum atomic E-state index is 12.1. The molecule has 4 nitrogen and oxygen atoms in total. The molecule has 0 atom stereocenters. The van der Waals surface area contributed by atoms with Crippen LogP contribution in [0.4, 0.5) is 0 Å². The summed E-state index contributed by atoms with van der Waals surface area (Å²) in [6.07, 6.45) is 0. The SMILES string of the molecule is CCSc1ccccc1C(=O)NNC(=O)c1ccccc1. The van der Waals surface area contributed by atoms with Crippen molar-refractivity contribution >= 4 is 23.6 Å². The highest BCUT2D eigenvalue weighted by Crippen LogP contribution is 2.21. The number of carbonyl (C=O) groups excluding carboxylic acids is 2. The number of thioether (sulfide) groups is 1. The van der Waals surface area contributed by atoms with E-state index in [4.69, 9.17) is 0 Å². The van der Waals surface area contributed by atoms with E-state index in [9.17, 15) is 9.59 Å². The van der Waals surface area contributed by atoms with E-state index in [-0.39, 0.29) is 11.8 Å². The van der Waals surface area contributed by atoms with Crippen LogP contribution in [-0.4, -0.2) is 17.6 Å². The standard InChI is InChI=1S/C16H16N2O2S/c1-2-21-14-11-7-6-10-13(14)16(20)18-17-15(19)12-8-4-3-5-9-12/h3-11H,2H2,1H3,(H,17,19)(H,18,20). The van der Waals surface area contributed by atoms with Crippen molar-refractivity contribution in [3.8, 4) is 0 Å². The molecular weight excluding hydrogens is 284 g/mol.